The van der Waals surface area contributed by atoms with E-state index in [9.17, 15) is 5.11 Å². The van der Waals surface area contributed by atoms with Crippen LogP contribution in [0, 0.1) is 5.92 Å². The van der Waals surface area contributed by atoms with Crippen molar-refractivity contribution in [2.75, 3.05) is 63.6 Å². The molecule has 0 unspecified atom stereocenters. The minimum absolute atomic E-state index is 0.0253. The molecule has 146 valence electrons. The average Bonchev–Trinajstić information content (AvgIpc) is 3.46. The summed E-state index contributed by atoms with van der Waals surface area (Å²) in [5, 5.41) is 16.4. The summed E-state index contributed by atoms with van der Waals surface area (Å²) in [6.45, 7) is 10.7. The maximum Gasteiger partial charge on any atom is 0.225 e. The van der Waals surface area contributed by atoms with Crippen molar-refractivity contribution in [3.63, 3.8) is 0 Å². The number of hydrogen-bond donors (Lipinski definition) is 3. The first-order chi connectivity index (χ1) is 12.5. The molecule has 7 nitrogen and oxygen atoms in total. The van der Waals surface area contributed by atoms with Crippen LogP contribution in [0.3, 0.4) is 0 Å². The standard InChI is InChI=1S/C19H34N6O/c1-14(2)17(13-26)22-19-21-16(15-4-5-15)12-18(23-19)20-6-7-25-10-8-24(3)9-11-25/h12,14-15,17,26H,4-11,13H2,1-3H3,(H2,20,21,22,23)/t17-/m1/s1. The Balaban J connectivity index is 1.58. The van der Waals surface area contributed by atoms with Crippen molar-refractivity contribution < 1.29 is 5.11 Å². The summed E-state index contributed by atoms with van der Waals surface area (Å²) in [5.74, 6) is 2.41. The Morgan fingerprint density at radius 2 is 1.92 bits per heavy atom. The van der Waals surface area contributed by atoms with E-state index in [1.54, 1.807) is 0 Å². The van der Waals surface area contributed by atoms with E-state index in [4.69, 9.17) is 0 Å². The van der Waals surface area contributed by atoms with E-state index in [1.165, 1.54) is 12.8 Å². The minimum Gasteiger partial charge on any atom is -0.394 e. The molecule has 1 aromatic rings. The second-order valence-electron chi connectivity index (χ2n) is 8.03. The third-order valence-corrected chi connectivity index (χ3v) is 5.39. The largest absolute Gasteiger partial charge is 0.394 e. The second-order valence-corrected chi connectivity index (χ2v) is 8.03. The van der Waals surface area contributed by atoms with Crippen LogP contribution in [-0.4, -0.2) is 83.8 Å². The van der Waals surface area contributed by atoms with Gasteiger partial charge in [0.05, 0.1) is 18.3 Å². The summed E-state index contributed by atoms with van der Waals surface area (Å²) in [7, 11) is 2.18. The highest BCUT2D eigenvalue weighted by molar-refractivity contribution is 5.44. The van der Waals surface area contributed by atoms with Crippen LogP contribution in [0.1, 0.15) is 38.3 Å². The van der Waals surface area contributed by atoms with Crippen molar-refractivity contribution in [1.29, 1.82) is 0 Å². The predicted molar refractivity (Wildman–Crippen MR) is 106 cm³/mol. The molecular formula is C19H34N6O. The Bertz CT molecular complexity index is 569. The molecular weight excluding hydrogens is 328 g/mol. The van der Waals surface area contributed by atoms with Crippen molar-refractivity contribution in [1.82, 2.24) is 19.8 Å². The third-order valence-electron chi connectivity index (χ3n) is 5.39. The van der Waals surface area contributed by atoms with E-state index in [0.717, 1.165) is 50.8 Å². The number of aromatic nitrogens is 2. The fourth-order valence-corrected chi connectivity index (χ4v) is 3.21. The molecule has 1 aliphatic carbocycles. The zero-order valence-electron chi connectivity index (χ0n) is 16.4. The molecule has 2 fully saturated rings. The van der Waals surface area contributed by atoms with Crippen LogP contribution in [0.5, 0.6) is 0 Å². The first-order valence-electron chi connectivity index (χ1n) is 9.96. The lowest BCUT2D eigenvalue weighted by molar-refractivity contribution is 0.158. The van der Waals surface area contributed by atoms with Crippen LogP contribution in [-0.2, 0) is 0 Å². The number of hydrogen-bond acceptors (Lipinski definition) is 7. The van der Waals surface area contributed by atoms with E-state index in [2.05, 4.69) is 57.4 Å². The topological polar surface area (TPSA) is 76.6 Å². The predicted octanol–water partition coefficient (Wildman–Crippen LogP) is 1.44. The molecule has 2 aliphatic rings. The van der Waals surface area contributed by atoms with Crippen molar-refractivity contribution in [2.45, 2.75) is 38.6 Å². The van der Waals surface area contributed by atoms with Crippen LogP contribution < -0.4 is 10.6 Å². The van der Waals surface area contributed by atoms with Gasteiger partial charge in [-0.2, -0.15) is 4.98 Å². The summed E-state index contributed by atoms with van der Waals surface area (Å²) < 4.78 is 0. The summed E-state index contributed by atoms with van der Waals surface area (Å²) in [5.41, 5.74) is 1.12. The van der Waals surface area contributed by atoms with Crippen molar-refractivity contribution in [3.8, 4) is 0 Å². The normalized spacial score (nSPS) is 20.3. The maximum atomic E-state index is 9.58. The van der Waals surface area contributed by atoms with Gasteiger partial charge in [-0.15, -0.1) is 0 Å². The molecule has 0 radical (unpaired) electrons. The number of nitrogens with zero attached hydrogens (tertiary/aromatic N) is 4. The number of nitrogens with one attached hydrogen (secondary N) is 2. The molecule has 2 heterocycles. The van der Waals surface area contributed by atoms with E-state index in [-0.39, 0.29) is 12.6 Å². The molecule has 1 aliphatic heterocycles. The third kappa shape index (κ3) is 5.53. The van der Waals surface area contributed by atoms with Crippen LogP contribution in [0.2, 0.25) is 0 Å². The average molecular weight is 363 g/mol. The Kier molecular flexibility index (Phi) is 6.67. The first-order valence-corrected chi connectivity index (χ1v) is 9.96. The monoisotopic (exact) mass is 362 g/mol. The summed E-state index contributed by atoms with van der Waals surface area (Å²) in [6, 6.07) is 2.07. The van der Waals surface area contributed by atoms with Gasteiger partial charge in [-0.25, -0.2) is 4.98 Å². The van der Waals surface area contributed by atoms with Gasteiger partial charge in [-0.1, -0.05) is 13.8 Å². The van der Waals surface area contributed by atoms with E-state index in [1.807, 2.05) is 0 Å². The zero-order chi connectivity index (χ0) is 18.5. The Labute approximate surface area is 157 Å². The van der Waals surface area contributed by atoms with Gasteiger partial charge in [-0.05, 0) is 25.8 Å². The number of anilines is 2. The van der Waals surface area contributed by atoms with Gasteiger partial charge in [0.2, 0.25) is 5.95 Å². The second kappa shape index (κ2) is 8.97. The Hall–Kier alpha value is -1.44. The maximum absolute atomic E-state index is 9.58. The molecule has 3 rings (SSSR count). The van der Waals surface area contributed by atoms with Gasteiger partial charge in [0.1, 0.15) is 5.82 Å². The highest BCUT2D eigenvalue weighted by atomic mass is 16.3. The van der Waals surface area contributed by atoms with Crippen molar-refractivity contribution in [2.24, 2.45) is 5.92 Å². The van der Waals surface area contributed by atoms with Crippen molar-refractivity contribution in [3.05, 3.63) is 11.8 Å². The minimum atomic E-state index is -0.0253. The lowest BCUT2D eigenvalue weighted by Gasteiger charge is -2.32. The summed E-state index contributed by atoms with van der Waals surface area (Å²) in [6.07, 6.45) is 2.43. The van der Waals surface area contributed by atoms with Gasteiger partial charge in [0, 0.05) is 51.3 Å². The van der Waals surface area contributed by atoms with Gasteiger partial charge in [-0.3, -0.25) is 4.90 Å². The molecule has 0 spiro atoms. The van der Waals surface area contributed by atoms with Crippen LogP contribution in [0.4, 0.5) is 11.8 Å². The molecule has 26 heavy (non-hydrogen) atoms. The highest BCUT2D eigenvalue weighted by Gasteiger charge is 2.26. The summed E-state index contributed by atoms with van der Waals surface area (Å²) >= 11 is 0. The van der Waals surface area contributed by atoms with Crippen LogP contribution in [0.25, 0.3) is 0 Å². The Morgan fingerprint density at radius 1 is 1.19 bits per heavy atom. The number of rotatable bonds is 9. The first kappa shape index (κ1) is 19.3. The Morgan fingerprint density at radius 3 is 2.54 bits per heavy atom. The van der Waals surface area contributed by atoms with Crippen LogP contribution in [0.15, 0.2) is 6.07 Å². The molecule has 1 saturated heterocycles. The van der Waals surface area contributed by atoms with E-state index < -0.39 is 0 Å². The molecule has 7 heteroatoms. The number of aliphatic hydroxyl groups is 1. The van der Waals surface area contributed by atoms with E-state index in [0.29, 0.717) is 17.8 Å². The summed E-state index contributed by atoms with van der Waals surface area (Å²) in [4.78, 5) is 14.2. The SMILES string of the molecule is CC(C)[C@@H](CO)Nc1nc(NCCN2CCN(C)CC2)cc(C2CC2)n1. The van der Waals surface area contributed by atoms with Crippen LogP contribution >= 0.6 is 0 Å². The molecule has 0 aromatic carbocycles. The lowest BCUT2D eigenvalue weighted by atomic mass is 10.1. The quantitative estimate of drug-likeness (QED) is 0.614. The van der Waals surface area contributed by atoms with Crippen molar-refractivity contribution >= 4 is 11.8 Å². The molecule has 1 aromatic heterocycles. The molecule has 0 bridgehead atoms. The lowest BCUT2D eigenvalue weighted by Crippen LogP contribution is -2.45. The molecule has 0 amide bonds. The fraction of sp³-hybridized carbons (Fsp3) is 0.789. The van der Waals surface area contributed by atoms with Gasteiger partial charge in [0.25, 0.3) is 0 Å². The fourth-order valence-electron chi connectivity index (χ4n) is 3.21. The number of piperazine rings is 1. The smallest absolute Gasteiger partial charge is 0.225 e. The molecule has 1 atom stereocenters. The highest BCUT2D eigenvalue weighted by Crippen LogP contribution is 2.39. The molecule has 1 saturated carbocycles. The molecule has 3 N–H and O–H groups in total. The van der Waals surface area contributed by atoms with E-state index >= 15 is 0 Å². The number of aliphatic hydroxyl groups excluding tert-OH is 1. The number of likely N-dealkylation sites (N-methyl/N-ethyl adjacent to an activating group) is 1. The van der Waals surface area contributed by atoms with Gasteiger partial charge < -0.3 is 20.6 Å². The van der Waals surface area contributed by atoms with Gasteiger partial charge in [0.15, 0.2) is 0 Å². The van der Waals surface area contributed by atoms with Gasteiger partial charge >= 0.3 is 0 Å². The zero-order valence-corrected chi connectivity index (χ0v) is 16.4.